The molecule has 2 N–H and O–H groups in total. The average molecular weight is 468 g/mol. The van der Waals surface area contributed by atoms with Crippen LogP contribution in [0.3, 0.4) is 0 Å². The van der Waals surface area contributed by atoms with Crippen molar-refractivity contribution in [1.29, 1.82) is 0 Å². The van der Waals surface area contributed by atoms with E-state index in [4.69, 9.17) is 0 Å². The van der Waals surface area contributed by atoms with Crippen LogP contribution in [0, 0.1) is 13.8 Å². The summed E-state index contributed by atoms with van der Waals surface area (Å²) in [6.07, 6.45) is 4.55. The van der Waals surface area contributed by atoms with Crippen molar-refractivity contribution in [3.63, 3.8) is 0 Å². The number of nitrogens with one attached hydrogen (secondary N) is 1. The Kier molecular flexibility index (Phi) is 6.09. The van der Waals surface area contributed by atoms with Gasteiger partial charge in [0, 0.05) is 13.1 Å². The monoisotopic (exact) mass is 467 g/mol. The van der Waals surface area contributed by atoms with E-state index in [1.54, 1.807) is 17.1 Å². The number of pyridine rings is 1. The first kappa shape index (κ1) is 22.8. The van der Waals surface area contributed by atoms with Crippen LogP contribution in [0.15, 0.2) is 79.1 Å². The van der Waals surface area contributed by atoms with E-state index < -0.39 is 5.60 Å². The van der Waals surface area contributed by atoms with Crippen molar-refractivity contribution in [3.05, 3.63) is 102 Å². The van der Waals surface area contributed by atoms with Gasteiger partial charge in [-0.3, -0.25) is 4.79 Å². The highest BCUT2D eigenvalue weighted by atomic mass is 16.3. The number of hydrogen-bond acceptors (Lipinski definition) is 5. The van der Waals surface area contributed by atoms with Crippen LogP contribution in [-0.2, 0) is 5.60 Å². The van der Waals surface area contributed by atoms with Crippen LogP contribution in [0.1, 0.15) is 40.0 Å². The zero-order valence-corrected chi connectivity index (χ0v) is 20.0. The van der Waals surface area contributed by atoms with Gasteiger partial charge in [-0.25, -0.2) is 9.67 Å². The molecule has 1 aliphatic heterocycles. The van der Waals surface area contributed by atoms with Crippen molar-refractivity contribution < 1.29 is 9.90 Å². The lowest BCUT2D eigenvalue weighted by atomic mass is 9.84. The van der Waals surface area contributed by atoms with Gasteiger partial charge in [0.2, 0.25) is 0 Å². The molecule has 3 heterocycles. The van der Waals surface area contributed by atoms with Crippen LogP contribution in [0.5, 0.6) is 0 Å². The van der Waals surface area contributed by atoms with Crippen molar-refractivity contribution in [3.8, 4) is 5.69 Å². The minimum Gasteiger partial charge on any atom is -0.385 e. The lowest BCUT2D eigenvalue weighted by Gasteiger charge is -2.39. The quantitative estimate of drug-likeness (QED) is 0.447. The smallest absolute Gasteiger partial charge is 0.259 e. The van der Waals surface area contributed by atoms with Crippen LogP contribution >= 0.6 is 0 Å². The number of anilines is 2. The van der Waals surface area contributed by atoms with Crippen molar-refractivity contribution in [2.75, 3.05) is 23.3 Å². The van der Waals surface area contributed by atoms with Gasteiger partial charge >= 0.3 is 0 Å². The molecule has 1 amide bonds. The maximum atomic E-state index is 12.9. The zero-order chi connectivity index (χ0) is 24.4. The van der Waals surface area contributed by atoms with E-state index in [9.17, 15) is 9.90 Å². The zero-order valence-electron chi connectivity index (χ0n) is 20.0. The van der Waals surface area contributed by atoms with E-state index in [1.165, 1.54) is 0 Å². The lowest BCUT2D eigenvalue weighted by Crippen LogP contribution is -2.42. The van der Waals surface area contributed by atoms with E-state index in [-0.39, 0.29) is 5.91 Å². The molecule has 0 spiro atoms. The summed E-state index contributed by atoms with van der Waals surface area (Å²) in [5.74, 6) is 0.615. The molecule has 0 aliphatic carbocycles. The molecule has 0 unspecified atom stereocenters. The number of carbonyl (C=O) groups is 1. The summed E-state index contributed by atoms with van der Waals surface area (Å²) in [6.45, 7) is 5.33. The van der Waals surface area contributed by atoms with Gasteiger partial charge in [0.25, 0.3) is 5.91 Å². The maximum Gasteiger partial charge on any atom is 0.259 e. The molecule has 1 saturated heterocycles. The number of hydrogen-bond donors (Lipinski definition) is 2. The highest BCUT2D eigenvalue weighted by molar-refractivity contribution is 6.04. The number of benzene rings is 2. The summed E-state index contributed by atoms with van der Waals surface area (Å²) in [5.41, 5.74) is 4.13. The summed E-state index contributed by atoms with van der Waals surface area (Å²) in [5, 5.41) is 18.4. The molecule has 0 radical (unpaired) electrons. The predicted molar refractivity (Wildman–Crippen MR) is 137 cm³/mol. The number of nitrogens with zero attached hydrogens (tertiary/aromatic N) is 4. The minimum absolute atomic E-state index is 0.220. The van der Waals surface area contributed by atoms with Crippen LogP contribution < -0.4 is 10.2 Å². The van der Waals surface area contributed by atoms with Gasteiger partial charge in [-0.15, -0.1) is 0 Å². The van der Waals surface area contributed by atoms with Crippen LogP contribution in [-0.4, -0.2) is 38.9 Å². The number of rotatable bonds is 5. The molecule has 5 rings (SSSR count). The summed E-state index contributed by atoms with van der Waals surface area (Å²) < 4.78 is 1.79. The largest absolute Gasteiger partial charge is 0.385 e. The van der Waals surface area contributed by atoms with Crippen molar-refractivity contribution in [1.82, 2.24) is 14.8 Å². The Morgan fingerprint density at radius 3 is 2.34 bits per heavy atom. The molecular formula is C28H29N5O2. The highest BCUT2D eigenvalue weighted by Crippen LogP contribution is 2.34. The van der Waals surface area contributed by atoms with Gasteiger partial charge in [0.05, 0.1) is 40.6 Å². The molecule has 7 heteroatoms. The Balaban J connectivity index is 1.23. The molecule has 35 heavy (non-hydrogen) atoms. The molecule has 1 fully saturated rings. The SMILES string of the molecule is Cc1ccccc1-n1ncc(C(=O)Nc2ccc(N3CCC(O)(c4ccccc4)CC3)nc2)c1C. The van der Waals surface area contributed by atoms with Crippen molar-refractivity contribution in [2.45, 2.75) is 32.3 Å². The third-order valence-electron chi connectivity index (χ3n) is 6.83. The van der Waals surface area contributed by atoms with Crippen LogP contribution in [0.25, 0.3) is 5.69 Å². The fourth-order valence-electron chi connectivity index (χ4n) is 4.66. The number of carbonyl (C=O) groups excluding carboxylic acids is 1. The van der Waals surface area contributed by atoms with Gasteiger partial charge in [-0.2, -0.15) is 5.10 Å². The molecule has 7 nitrogen and oxygen atoms in total. The predicted octanol–water partition coefficient (Wildman–Crippen LogP) is 4.62. The molecule has 0 saturated carbocycles. The number of aliphatic hydroxyl groups is 1. The van der Waals surface area contributed by atoms with Gasteiger partial charge in [-0.1, -0.05) is 48.5 Å². The number of piperidine rings is 1. The molecule has 2 aromatic heterocycles. The van der Waals surface area contributed by atoms with Gasteiger partial charge in [0.1, 0.15) is 5.82 Å². The van der Waals surface area contributed by atoms with Crippen molar-refractivity contribution in [2.24, 2.45) is 0 Å². The van der Waals surface area contributed by atoms with E-state index >= 15 is 0 Å². The maximum absolute atomic E-state index is 12.9. The standard InChI is InChI=1S/C28H29N5O2/c1-20-8-6-7-11-25(20)33-21(2)24(19-30-33)27(34)31-23-12-13-26(29-18-23)32-16-14-28(35,15-17-32)22-9-4-3-5-10-22/h3-13,18-19,35H,14-17H2,1-2H3,(H,31,34). The Morgan fingerprint density at radius 1 is 0.943 bits per heavy atom. The van der Waals surface area contributed by atoms with E-state index in [2.05, 4.69) is 20.3 Å². The Labute approximate surface area is 205 Å². The van der Waals surface area contributed by atoms with Gasteiger partial charge < -0.3 is 15.3 Å². The third-order valence-corrected chi connectivity index (χ3v) is 6.83. The fourth-order valence-corrected chi connectivity index (χ4v) is 4.66. The Morgan fingerprint density at radius 2 is 1.66 bits per heavy atom. The summed E-state index contributed by atoms with van der Waals surface area (Å²) >= 11 is 0. The first-order valence-electron chi connectivity index (χ1n) is 11.9. The molecule has 0 bridgehead atoms. The Bertz CT molecular complexity index is 1320. The highest BCUT2D eigenvalue weighted by Gasteiger charge is 2.34. The summed E-state index contributed by atoms with van der Waals surface area (Å²) in [6, 6.07) is 21.6. The van der Waals surface area contributed by atoms with E-state index in [0.29, 0.717) is 37.2 Å². The van der Waals surface area contributed by atoms with Crippen LogP contribution in [0.2, 0.25) is 0 Å². The second-order valence-corrected chi connectivity index (χ2v) is 9.09. The topological polar surface area (TPSA) is 83.3 Å². The summed E-state index contributed by atoms with van der Waals surface area (Å²) in [7, 11) is 0. The molecular weight excluding hydrogens is 438 g/mol. The number of aryl methyl sites for hydroxylation is 1. The second kappa shape index (κ2) is 9.35. The van der Waals surface area contributed by atoms with Gasteiger partial charge in [-0.05, 0) is 56.0 Å². The molecule has 0 atom stereocenters. The number of para-hydroxylation sites is 1. The fraction of sp³-hybridized carbons (Fsp3) is 0.250. The van der Waals surface area contributed by atoms with E-state index in [1.807, 2.05) is 80.6 Å². The average Bonchev–Trinajstić information content (AvgIpc) is 3.27. The second-order valence-electron chi connectivity index (χ2n) is 9.09. The normalized spacial score (nSPS) is 15.1. The molecule has 1 aliphatic rings. The number of amides is 1. The van der Waals surface area contributed by atoms with Crippen molar-refractivity contribution >= 4 is 17.4 Å². The van der Waals surface area contributed by atoms with E-state index in [0.717, 1.165) is 28.3 Å². The first-order valence-corrected chi connectivity index (χ1v) is 11.9. The minimum atomic E-state index is -0.799. The number of aromatic nitrogens is 3. The first-order chi connectivity index (χ1) is 16.9. The molecule has 2 aromatic carbocycles. The lowest BCUT2D eigenvalue weighted by molar-refractivity contribution is 0.0116. The third kappa shape index (κ3) is 4.55. The Hall–Kier alpha value is -3.97. The molecule has 4 aromatic rings. The molecule has 178 valence electrons. The summed E-state index contributed by atoms with van der Waals surface area (Å²) in [4.78, 5) is 19.7. The van der Waals surface area contributed by atoms with Gasteiger partial charge in [0.15, 0.2) is 0 Å². The van der Waals surface area contributed by atoms with Crippen LogP contribution in [0.4, 0.5) is 11.5 Å².